The molecule has 0 fully saturated rings. The van der Waals surface area contributed by atoms with Crippen LogP contribution < -0.4 is 0 Å². The van der Waals surface area contributed by atoms with Crippen LogP contribution in [0.25, 0.3) is 0 Å². The summed E-state index contributed by atoms with van der Waals surface area (Å²) < 4.78 is 23.9. The Balaban J connectivity index is 4.48. The summed E-state index contributed by atoms with van der Waals surface area (Å²) in [5.41, 5.74) is 0. The van der Waals surface area contributed by atoms with Crippen LogP contribution in [-0.4, -0.2) is 26.4 Å². The number of hydrogen-bond donors (Lipinski definition) is 0. The van der Waals surface area contributed by atoms with Crippen molar-refractivity contribution >= 4 is 0 Å². The van der Waals surface area contributed by atoms with Crippen LogP contribution in [0.4, 0.5) is 0 Å². The monoisotopic (exact) mass is 326 g/mol. The number of hydrogen-bond acceptors (Lipinski definition) is 4. The molecule has 0 rings (SSSR count). The van der Waals surface area contributed by atoms with E-state index >= 15 is 0 Å². The maximum absolute atomic E-state index is 5.99. The van der Waals surface area contributed by atoms with Gasteiger partial charge in [-0.25, -0.2) is 0 Å². The van der Waals surface area contributed by atoms with Crippen LogP contribution in [-0.2, 0) is 31.4 Å². The molecule has 0 unspecified atom stereocenters. The molecule has 0 amide bonds. The third-order valence-electron chi connectivity index (χ3n) is 2.81. The van der Waals surface area contributed by atoms with Crippen LogP contribution in [0.5, 0.6) is 0 Å². The molecule has 0 aromatic heterocycles. The molecule has 0 aromatic carbocycles. The minimum atomic E-state index is -3.50. The van der Waals surface area contributed by atoms with Crippen LogP contribution in [0.2, 0.25) is 0 Å². The zero-order chi connectivity index (χ0) is 15.1. The molecular formula is C15H34O4Ti. The van der Waals surface area contributed by atoms with Crippen molar-refractivity contribution in [2.45, 2.75) is 72.6 Å². The van der Waals surface area contributed by atoms with Gasteiger partial charge in [-0.15, -0.1) is 0 Å². The summed E-state index contributed by atoms with van der Waals surface area (Å²) >= 11 is -3.50. The van der Waals surface area contributed by atoms with E-state index in [1.807, 2.05) is 0 Å². The molecule has 0 aliphatic carbocycles. The van der Waals surface area contributed by atoms with Crippen LogP contribution >= 0.6 is 0 Å². The summed E-state index contributed by atoms with van der Waals surface area (Å²) in [6, 6.07) is 0. The van der Waals surface area contributed by atoms with Crippen molar-refractivity contribution in [1.29, 1.82) is 0 Å². The van der Waals surface area contributed by atoms with Gasteiger partial charge in [0.25, 0.3) is 0 Å². The van der Waals surface area contributed by atoms with E-state index in [1.54, 1.807) is 0 Å². The van der Waals surface area contributed by atoms with Gasteiger partial charge in [0.1, 0.15) is 0 Å². The Morgan fingerprint density at radius 2 is 0.850 bits per heavy atom. The van der Waals surface area contributed by atoms with E-state index in [0.29, 0.717) is 26.4 Å². The average molecular weight is 326 g/mol. The summed E-state index contributed by atoms with van der Waals surface area (Å²) in [7, 11) is 0. The van der Waals surface area contributed by atoms with E-state index < -0.39 is 18.1 Å². The van der Waals surface area contributed by atoms with Crippen molar-refractivity contribution in [3.8, 4) is 0 Å². The van der Waals surface area contributed by atoms with E-state index in [2.05, 4.69) is 27.7 Å². The Bertz CT molecular complexity index is 176. The standard InChI is InChI=1S/3C4H9O.C3H7O.Ti/c3*1-2-3-4-5;1-2-3-4;/h3*2-4H2,1H3;2-3H2,1H3;/q4*-1;+4. The summed E-state index contributed by atoms with van der Waals surface area (Å²) in [5, 5.41) is 0. The van der Waals surface area contributed by atoms with Gasteiger partial charge in [0.2, 0.25) is 0 Å². The molecule has 4 nitrogen and oxygen atoms in total. The Kier molecular flexibility index (Phi) is 14.9. The molecule has 0 saturated heterocycles. The first-order valence-electron chi connectivity index (χ1n) is 8.30. The third-order valence-corrected chi connectivity index (χ3v) is 6.30. The molecule has 0 bridgehead atoms. The molecule has 0 saturated carbocycles. The van der Waals surface area contributed by atoms with Crippen LogP contribution in [0, 0.1) is 0 Å². The Labute approximate surface area is 130 Å². The molecule has 0 N–H and O–H groups in total. The van der Waals surface area contributed by atoms with Gasteiger partial charge in [-0.2, -0.15) is 0 Å². The van der Waals surface area contributed by atoms with Gasteiger partial charge in [-0.05, 0) is 0 Å². The summed E-state index contributed by atoms with van der Waals surface area (Å²) in [5.74, 6) is 0. The minimum absolute atomic E-state index is 0.657. The molecule has 0 radical (unpaired) electrons. The fourth-order valence-electron chi connectivity index (χ4n) is 1.50. The first-order chi connectivity index (χ1) is 9.74. The second-order valence-corrected chi connectivity index (χ2v) is 8.32. The fourth-order valence-corrected chi connectivity index (χ4v) is 4.84. The van der Waals surface area contributed by atoms with E-state index in [0.717, 1.165) is 44.9 Å². The zero-order valence-corrected chi connectivity index (χ0v) is 15.5. The second-order valence-electron chi connectivity index (χ2n) is 4.95. The average Bonchev–Trinajstić information content (AvgIpc) is 2.46. The third kappa shape index (κ3) is 10.3. The van der Waals surface area contributed by atoms with Crippen LogP contribution in [0.3, 0.4) is 0 Å². The predicted octanol–water partition coefficient (Wildman–Crippen LogP) is 4.68. The van der Waals surface area contributed by atoms with E-state index in [9.17, 15) is 0 Å². The SMILES string of the molecule is CCCC[O][Ti]([O]CCC)([O]CCCC)[O]CCCC. The maximum atomic E-state index is 5.99. The Hall–Kier alpha value is 0.554. The van der Waals surface area contributed by atoms with Crippen LogP contribution in [0.1, 0.15) is 72.6 Å². The van der Waals surface area contributed by atoms with Crippen molar-refractivity contribution in [3.05, 3.63) is 0 Å². The Morgan fingerprint density at radius 3 is 1.15 bits per heavy atom. The molecule has 20 heavy (non-hydrogen) atoms. The van der Waals surface area contributed by atoms with Crippen molar-refractivity contribution < 1.29 is 31.4 Å². The van der Waals surface area contributed by atoms with E-state index in [-0.39, 0.29) is 0 Å². The summed E-state index contributed by atoms with van der Waals surface area (Å²) in [6.07, 6.45) is 7.35. The van der Waals surface area contributed by atoms with Gasteiger partial charge in [0, 0.05) is 0 Å². The first-order valence-corrected chi connectivity index (χ1v) is 10.8. The fraction of sp³-hybridized carbons (Fsp3) is 1.00. The van der Waals surface area contributed by atoms with E-state index in [1.165, 1.54) is 0 Å². The van der Waals surface area contributed by atoms with E-state index in [4.69, 9.17) is 13.3 Å². The zero-order valence-electron chi connectivity index (χ0n) is 13.9. The van der Waals surface area contributed by atoms with Crippen molar-refractivity contribution in [2.75, 3.05) is 26.4 Å². The van der Waals surface area contributed by atoms with Crippen molar-refractivity contribution in [2.24, 2.45) is 0 Å². The predicted molar refractivity (Wildman–Crippen MR) is 78.8 cm³/mol. The molecule has 0 spiro atoms. The molecule has 5 heteroatoms. The molecule has 0 heterocycles. The molecule has 122 valence electrons. The molecule has 0 aromatic rings. The number of unbranched alkanes of at least 4 members (excludes halogenated alkanes) is 3. The summed E-state index contributed by atoms with van der Waals surface area (Å²) in [4.78, 5) is 0. The topological polar surface area (TPSA) is 36.9 Å². The first kappa shape index (κ1) is 20.6. The van der Waals surface area contributed by atoms with Crippen LogP contribution in [0.15, 0.2) is 0 Å². The van der Waals surface area contributed by atoms with Gasteiger partial charge < -0.3 is 0 Å². The summed E-state index contributed by atoms with van der Waals surface area (Å²) in [6.45, 7) is 11.2. The number of rotatable bonds is 15. The van der Waals surface area contributed by atoms with Gasteiger partial charge >= 0.3 is 130 Å². The quantitative estimate of drug-likeness (QED) is 0.323. The van der Waals surface area contributed by atoms with Crippen molar-refractivity contribution in [3.63, 3.8) is 0 Å². The van der Waals surface area contributed by atoms with Gasteiger partial charge in [0.15, 0.2) is 0 Å². The molecular weight excluding hydrogens is 292 g/mol. The van der Waals surface area contributed by atoms with Gasteiger partial charge in [-0.3, -0.25) is 0 Å². The second kappa shape index (κ2) is 14.5. The normalized spacial score (nSPS) is 12.0. The Morgan fingerprint density at radius 1 is 0.500 bits per heavy atom. The van der Waals surface area contributed by atoms with Gasteiger partial charge in [0.05, 0.1) is 0 Å². The molecule has 0 aliphatic rings. The van der Waals surface area contributed by atoms with Gasteiger partial charge in [-0.1, -0.05) is 0 Å². The van der Waals surface area contributed by atoms with Crippen molar-refractivity contribution in [1.82, 2.24) is 0 Å². The molecule has 0 aliphatic heterocycles. The molecule has 0 atom stereocenters.